The number of H-pyrrole nitrogens is 1. The first-order chi connectivity index (χ1) is 16.6. The molecule has 0 saturated carbocycles. The minimum absolute atomic E-state index is 0.0550. The van der Waals surface area contributed by atoms with Crippen molar-refractivity contribution in [3.8, 4) is 0 Å². The van der Waals surface area contributed by atoms with Crippen LogP contribution in [-0.4, -0.2) is 58.5 Å². The number of amides is 3. The number of nitrogens with two attached hydrogens (primary N) is 1. The number of carbonyl (C=O) groups excluding carboxylic acids is 3. The summed E-state index contributed by atoms with van der Waals surface area (Å²) >= 11 is 0. The van der Waals surface area contributed by atoms with Crippen molar-refractivity contribution in [2.75, 3.05) is 6.54 Å². The zero-order valence-corrected chi connectivity index (χ0v) is 20.6. The van der Waals surface area contributed by atoms with Gasteiger partial charge in [0, 0.05) is 30.4 Å². The van der Waals surface area contributed by atoms with Gasteiger partial charge in [-0.05, 0) is 49.8 Å². The Morgan fingerprint density at radius 2 is 1.63 bits per heavy atom. The fourth-order valence-electron chi connectivity index (χ4n) is 3.98. The van der Waals surface area contributed by atoms with Gasteiger partial charge in [0.05, 0.1) is 0 Å². The number of carbonyl (C=O) groups is 4. The molecule has 2 rings (SSSR count). The second kappa shape index (κ2) is 13.5. The van der Waals surface area contributed by atoms with Gasteiger partial charge in [-0.1, -0.05) is 32.0 Å². The molecule has 1 aromatic carbocycles. The predicted octanol–water partition coefficient (Wildman–Crippen LogP) is 1.44. The maximum Gasteiger partial charge on any atom is 0.326 e. The molecule has 0 aliphatic rings. The Hall–Kier alpha value is -3.40. The maximum atomic E-state index is 13.1. The third-order valence-electron chi connectivity index (χ3n) is 5.69. The van der Waals surface area contributed by atoms with Crippen molar-refractivity contribution in [1.82, 2.24) is 20.9 Å². The normalized spacial score (nSPS) is 13.7. The molecule has 1 heterocycles. The number of carboxylic acid groups (broad SMARTS) is 1. The molecule has 0 spiro atoms. The third-order valence-corrected chi connectivity index (χ3v) is 5.69. The molecular weight excluding hydrogens is 450 g/mol. The Kier molecular flexibility index (Phi) is 10.7. The van der Waals surface area contributed by atoms with Crippen LogP contribution < -0.4 is 21.7 Å². The smallest absolute Gasteiger partial charge is 0.326 e. The Bertz CT molecular complexity index is 1020. The van der Waals surface area contributed by atoms with E-state index in [1.54, 1.807) is 6.20 Å². The summed E-state index contributed by atoms with van der Waals surface area (Å²) in [6, 6.07) is 4.59. The van der Waals surface area contributed by atoms with Crippen molar-refractivity contribution in [2.24, 2.45) is 11.7 Å². The molecule has 0 aliphatic carbocycles. The molecule has 0 unspecified atom stereocenters. The Balaban J connectivity index is 2.14. The standard InChI is InChI=1S/C25H37N5O5/c1-15(2)12-21(29-23(32)20(28-16(3)31)10-6-7-11-26)24(33)30-22(25(34)35)13-17-14-27-19-9-5-4-8-18(17)19/h4-5,8-9,14-15,20-22,27H,6-7,10-13,26H2,1-3H3,(H,28,31)(H,29,32)(H,30,33)(H,34,35)/t20-,21-,22-/m0/s1. The highest BCUT2D eigenvalue weighted by Gasteiger charge is 2.30. The van der Waals surface area contributed by atoms with E-state index in [4.69, 9.17) is 5.73 Å². The molecule has 10 heteroatoms. The number of aromatic nitrogens is 1. The van der Waals surface area contributed by atoms with E-state index in [2.05, 4.69) is 20.9 Å². The number of hydrogen-bond donors (Lipinski definition) is 6. The average molecular weight is 488 g/mol. The van der Waals surface area contributed by atoms with E-state index < -0.39 is 35.9 Å². The summed E-state index contributed by atoms with van der Waals surface area (Å²) in [4.78, 5) is 52.7. The van der Waals surface area contributed by atoms with Gasteiger partial charge in [-0.25, -0.2) is 4.79 Å². The lowest BCUT2D eigenvalue weighted by molar-refractivity contribution is -0.142. The highest BCUT2D eigenvalue weighted by Crippen LogP contribution is 2.19. The monoisotopic (exact) mass is 487 g/mol. The molecule has 10 nitrogen and oxygen atoms in total. The summed E-state index contributed by atoms with van der Waals surface area (Å²) in [6.07, 6.45) is 3.86. The number of aromatic amines is 1. The van der Waals surface area contributed by atoms with Crippen molar-refractivity contribution in [2.45, 2.75) is 71.0 Å². The molecule has 3 amide bonds. The molecule has 3 atom stereocenters. The number of carboxylic acids is 1. The van der Waals surface area contributed by atoms with Crippen LogP contribution in [0.15, 0.2) is 30.5 Å². The third kappa shape index (κ3) is 8.71. The number of rotatable bonds is 14. The molecular formula is C25H37N5O5. The number of para-hydroxylation sites is 1. The van der Waals surface area contributed by atoms with E-state index in [9.17, 15) is 24.3 Å². The van der Waals surface area contributed by atoms with Gasteiger partial charge < -0.3 is 31.8 Å². The van der Waals surface area contributed by atoms with Crippen LogP contribution in [0.25, 0.3) is 10.9 Å². The van der Waals surface area contributed by atoms with Crippen molar-refractivity contribution in [1.29, 1.82) is 0 Å². The first-order valence-electron chi connectivity index (χ1n) is 12.0. The molecule has 35 heavy (non-hydrogen) atoms. The zero-order valence-electron chi connectivity index (χ0n) is 20.6. The van der Waals surface area contributed by atoms with E-state index in [0.717, 1.165) is 16.5 Å². The fraction of sp³-hybridized carbons (Fsp3) is 0.520. The highest BCUT2D eigenvalue weighted by molar-refractivity contribution is 5.93. The van der Waals surface area contributed by atoms with Crippen LogP contribution in [0.1, 0.15) is 52.0 Å². The minimum atomic E-state index is -1.18. The lowest BCUT2D eigenvalue weighted by atomic mass is 10.0. The van der Waals surface area contributed by atoms with Crippen LogP contribution >= 0.6 is 0 Å². The van der Waals surface area contributed by atoms with E-state index in [-0.39, 0.29) is 18.2 Å². The van der Waals surface area contributed by atoms with Crippen molar-refractivity contribution >= 4 is 34.6 Å². The van der Waals surface area contributed by atoms with Crippen molar-refractivity contribution in [3.05, 3.63) is 36.0 Å². The summed E-state index contributed by atoms with van der Waals surface area (Å²) < 4.78 is 0. The summed E-state index contributed by atoms with van der Waals surface area (Å²) in [5, 5.41) is 18.6. The second-order valence-electron chi connectivity index (χ2n) is 9.19. The molecule has 0 saturated heterocycles. The predicted molar refractivity (Wildman–Crippen MR) is 133 cm³/mol. The van der Waals surface area contributed by atoms with Gasteiger partial charge in [-0.3, -0.25) is 14.4 Å². The quantitative estimate of drug-likeness (QED) is 0.221. The van der Waals surface area contributed by atoms with Gasteiger partial charge in [-0.2, -0.15) is 0 Å². The van der Waals surface area contributed by atoms with Gasteiger partial charge in [0.1, 0.15) is 18.1 Å². The van der Waals surface area contributed by atoms with E-state index in [1.165, 1.54) is 6.92 Å². The second-order valence-corrected chi connectivity index (χ2v) is 9.19. The van der Waals surface area contributed by atoms with Gasteiger partial charge >= 0.3 is 5.97 Å². The Morgan fingerprint density at radius 3 is 2.26 bits per heavy atom. The molecule has 1 aromatic heterocycles. The van der Waals surface area contributed by atoms with Crippen LogP contribution in [0.4, 0.5) is 0 Å². The van der Waals surface area contributed by atoms with E-state index in [0.29, 0.717) is 32.2 Å². The molecule has 0 bridgehead atoms. The average Bonchev–Trinajstić information content (AvgIpc) is 3.19. The molecule has 192 valence electrons. The van der Waals surface area contributed by atoms with Gasteiger partial charge in [0.2, 0.25) is 17.7 Å². The van der Waals surface area contributed by atoms with Crippen molar-refractivity contribution in [3.63, 3.8) is 0 Å². The Labute approximate surface area is 205 Å². The molecule has 7 N–H and O–H groups in total. The lowest BCUT2D eigenvalue weighted by Gasteiger charge is -2.25. The Morgan fingerprint density at radius 1 is 0.971 bits per heavy atom. The van der Waals surface area contributed by atoms with Crippen molar-refractivity contribution < 1.29 is 24.3 Å². The van der Waals surface area contributed by atoms with E-state index >= 15 is 0 Å². The first-order valence-corrected chi connectivity index (χ1v) is 12.0. The number of hydrogen-bond acceptors (Lipinski definition) is 5. The van der Waals surface area contributed by atoms with Crippen LogP contribution in [0.3, 0.4) is 0 Å². The molecule has 0 radical (unpaired) electrons. The number of fused-ring (bicyclic) bond motifs is 1. The zero-order chi connectivity index (χ0) is 26.0. The highest BCUT2D eigenvalue weighted by atomic mass is 16.4. The SMILES string of the molecule is CC(=O)N[C@@H](CCCCN)C(=O)N[C@@H](CC(C)C)C(=O)N[C@@H](Cc1c[nH]c2ccccc12)C(=O)O. The van der Waals surface area contributed by atoms with Crippen LogP contribution in [-0.2, 0) is 25.6 Å². The summed E-state index contributed by atoms with van der Waals surface area (Å²) in [5.41, 5.74) is 7.17. The molecule has 0 fully saturated rings. The van der Waals surface area contributed by atoms with E-state index in [1.807, 2.05) is 38.1 Å². The fourth-order valence-corrected chi connectivity index (χ4v) is 3.98. The number of unbranched alkanes of at least 4 members (excludes halogenated alkanes) is 1. The van der Waals surface area contributed by atoms with Crippen LogP contribution in [0, 0.1) is 5.92 Å². The maximum absolute atomic E-state index is 13.1. The van der Waals surface area contributed by atoms with Gasteiger partial charge in [-0.15, -0.1) is 0 Å². The summed E-state index contributed by atoms with van der Waals surface area (Å²) in [6.45, 7) is 5.60. The van der Waals surface area contributed by atoms with Gasteiger partial charge in [0.25, 0.3) is 0 Å². The number of aliphatic carboxylic acids is 1. The topological polar surface area (TPSA) is 166 Å². The largest absolute Gasteiger partial charge is 0.480 e. The van der Waals surface area contributed by atoms with Gasteiger partial charge in [0.15, 0.2) is 0 Å². The summed E-state index contributed by atoms with van der Waals surface area (Å²) in [7, 11) is 0. The number of benzene rings is 1. The summed E-state index contributed by atoms with van der Waals surface area (Å²) in [5.74, 6) is -2.53. The first kappa shape index (κ1) is 27.8. The van der Waals surface area contributed by atoms with Crippen LogP contribution in [0.5, 0.6) is 0 Å². The lowest BCUT2D eigenvalue weighted by Crippen LogP contribution is -2.56. The molecule has 0 aliphatic heterocycles. The van der Waals surface area contributed by atoms with Crippen LogP contribution in [0.2, 0.25) is 0 Å². The minimum Gasteiger partial charge on any atom is -0.480 e. The number of nitrogens with one attached hydrogen (secondary N) is 4. The molecule has 2 aromatic rings.